The van der Waals surface area contributed by atoms with Crippen LogP contribution in [0.4, 0.5) is 0 Å². The number of aromatic nitrogens is 2. The number of carboxylic acids is 1. The van der Waals surface area contributed by atoms with E-state index in [2.05, 4.69) is 53.2 Å². The highest BCUT2D eigenvalue weighted by Gasteiger charge is 2.39. The molecule has 0 spiro atoms. The van der Waals surface area contributed by atoms with Gasteiger partial charge in [0.15, 0.2) is 0 Å². The lowest BCUT2D eigenvalue weighted by Crippen LogP contribution is -2.43. The molecular weight excluding hydrogens is 414 g/mol. The van der Waals surface area contributed by atoms with Crippen molar-refractivity contribution in [1.29, 1.82) is 0 Å². The Morgan fingerprint density at radius 3 is 2.21 bits per heavy atom. The van der Waals surface area contributed by atoms with Gasteiger partial charge in [0, 0.05) is 17.7 Å². The Bertz CT molecular complexity index is 1060. The van der Waals surface area contributed by atoms with Gasteiger partial charge in [-0.3, -0.25) is 9.69 Å². The molecule has 0 unspecified atom stereocenters. The minimum atomic E-state index is -0.653. The molecule has 0 saturated carbocycles. The van der Waals surface area contributed by atoms with Crippen LogP contribution in [0.25, 0.3) is 22.8 Å². The molecule has 0 amide bonds. The minimum absolute atomic E-state index is 0.524. The fourth-order valence-corrected chi connectivity index (χ4v) is 4.59. The number of aliphatic carboxylic acids is 1. The van der Waals surface area contributed by atoms with Crippen molar-refractivity contribution in [3.63, 3.8) is 0 Å². The number of hydrogen-bond donors (Lipinski definition) is 1. The van der Waals surface area contributed by atoms with Crippen molar-refractivity contribution >= 4 is 5.97 Å². The number of carboxylic acid groups (broad SMARTS) is 1. The van der Waals surface area contributed by atoms with Crippen LogP contribution in [0.1, 0.15) is 51.2 Å². The molecule has 3 aromatic rings. The van der Waals surface area contributed by atoms with Crippen molar-refractivity contribution < 1.29 is 14.4 Å². The van der Waals surface area contributed by atoms with Gasteiger partial charge < -0.3 is 9.63 Å². The monoisotopic (exact) mass is 447 g/mol. The second kappa shape index (κ2) is 9.87. The Balaban J connectivity index is 1.37. The normalized spacial score (nSPS) is 16.2. The molecule has 0 bridgehead atoms. The van der Waals surface area contributed by atoms with E-state index in [1.807, 2.05) is 31.2 Å². The first-order chi connectivity index (χ1) is 15.9. The molecule has 1 aliphatic heterocycles. The highest BCUT2D eigenvalue weighted by molar-refractivity contribution is 5.74. The van der Waals surface area contributed by atoms with E-state index in [0.29, 0.717) is 36.9 Å². The first-order valence-corrected chi connectivity index (χ1v) is 11.9. The average Bonchev–Trinajstić information content (AvgIpc) is 3.30. The molecule has 0 radical (unpaired) electrons. The largest absolute Gasteiger partial charge is 0.481 e. The number of benzene rings is 2. The highest BCUT2D eigenvalue weighted by atomic mass is 16.5. The van der Waals surface area contributed by atoms with Gasteiger partial charge in [0.25, 0.3) is 5.89 Å². The van der Waals surface area contributed by atoms with Gasteiger partial charge in [0.1, 0.15) is 0 Å². The van der Waals surface area contributed by atoms with Crippen LogP contribution in [-0.2, 0) is 17.8 Å². The Labute approximate surface area is 195 Å². The van der Waals surface area contributed by atoms with Crippen LogP contribution in [0.3, 0.4) is 0 Å². The van der Waals surface area contributed by atoms with Crippen LogP contribution in [0.2, 0.25) is 0 Å². The maximum Gasteiger partial charge on any atom is 0.309 e. The van der Waals surface area contributed by atoms with E-state index in [1.54, 1.807) is 0 Å². The topological polar surface area (TPSA) is 79.5 Å². The summed E-state index contributed by atoms with van der Waals surface area (Å²) in [4.78, 5) is 18.6. The van der Waals surface area contributed by atoms with Gasteiger partial charge in [0.05, 0.1) is 5.41 Å². The number of piperidine rings is 1. The van der Waals surface area contributed by atoms with Crippen LogP contribution in [0.15, 0.2) is 53.1 Å². The predicted molar refractivity (Wildman–Crippen MR) is 129 cm³/mol. The number of carbonyl (C=O) groups is 1. The number of hydrogen-bond acceptors (Lipinski definition) is 5. The molecule has 4 rings (SSSR count). The van der Waals surface area contributed by atoms with Crippen molar-refractivity contribution in [1.82, 2.24) is 15.0 Å². The molecule has 1 N–H and O–H groups in total. The zero-order chi connectivity index (χ0) is 23.4. The SMILES string of the molecule is CCC1(C(=O)O)CCN(Cc2ccc(-c3noc(-c4ccc(CC(C)C)cc4)n3)cc2)CC1. The standard InChI is InChI=1S/C27H33N3O3/c1-4-27(26(31)32)13-15-30(16-14-27)18-21-7-9-22(10-8-21)24-28-25(33-29-24)23-11-5-20(6-12-23)17-19(2)3/h5-12,19H,4,13-18H2,1-3H3,(H,31,32). The lowest BCUT2D eigenvalue weighted by Gasteiger charge is -2.38. The quantitative estimate of drug-likeness (QED) is 0.479. The summed E-state index contributed by atoms with van der Waals surface area (Å²) in [5.74, 6) is 1.07. The van der Waals surface area contributed by atoms with Gasteiger partial charge in [-0.05, 0) is 68.0 Å². The third kappa shape index (κ3) is 5.33. The number of likely N-dealkylation sites (tertiary alicyclic amines) is 1. The number of rotatable bonds is 8. The summed E-state index contributed by atoms with van der Waals surface area (Å²) in [6.07, 6.45) is 3.17. The van der Waals surface area contributed by atoms with E-state index in [0.717, 1.165) is 37.2 Å². The maximum atomic E-state index is 11.7. The summed E-state index contributed by atoms with van der Waals surface area (Å²) in [6, 6.07) is 16.5. The van der Waals surface area contributed by atoms with Gasteiger partial charge >= 0.3 is 5.97 Å². The van der Waals surface area contributed by atoms with E-state index in [9.17, 15) is 9.90 Å². The van der Waals surface area contributed by atoms with E-state index in [-0.39, 0.29) is 0 Å². The van der Waals surface area contributed by atoms with Crippen molar-refractivity contribution in [3.05, 3.63) is 59.7 Å². The molecule has 174 valence electrons. The third-order valence-corrected chi connectivity index (χ3v) is 6.83. The molecular formula is C27H33N3O3. The van der Waals surface area contributed by atoms with Gasteiger partial charge in [-0.2, -0.15) is 4.98 Å². The van der Waals surface area contributed by atoms with E-state index in [1.165, 1.54) is 11.1 Å². The van der Waals surface area contributed by atoms with Crippen LogP contribution in [0.5, 0.6) is 0 Å². The fraction of sp³-hybridized carbons (Fsp3) is 0.444. The molecule has 1 saturated heterocycles. The molecule has 6 nitrogen and oxygen atoms in total. The van der Waals surface area contributed by atoms with Crippen molar-refractivity contribution in [2.45, 2.75) is 53.0 Å². The van der Waals surface area contributed by atoms with Crippen LogP contribution in [-0.4, -0.2) is 39.2 Å². The van der Waals surface area contributed by atoms with Crippen LogP contribution < -0.4 is 0 Å². The van der Waals surface area contributed by atoms with E-state index in [4.69, 9.17) is 4.52 Å². The zero-order valence-electron chi connectivity index (χ0n) is 19.8. The summed E-state index contributed by atoms with van der Waals surface area (Å²) >= 11 is 0. The summed E-state index contributed by atoms with van der Waals surface area (Å²) in [5.41, 5.74) is 3.79. The molecule has 2 aromatic carbocycles. The van der Waals surface area contributed by atoms with Crippen LogP contribution in [0, 0.1) is 11.3 Å². The van der Waals surface area contributed by atoms with Crippen molar-refractivity contribution in [2.75, 3.05) is 13.1 Å². The van der Waals surface area contributed by atoms with Crippen molar-refractivity contribution in [2.24, 2.45) is 11.3 Å². The minimum Gasteiger partial charge on any atom is -0.481 e. The Morgan fingerprint density at radius 1 is 1.03 bits per heavy atom. The second-order valence-corrected chi connectivity index (χ2v) is 9.63. The predicted octanol–water partition coefficient (Wildman–Crippen LogP) is 5.68. The molecule has 1 fully saturated rings. The smallest absolute Gasteiger partial charge is 0.309 e. The van der Waals surface area contributed by atoms with Gasteiger partial charge in [-0.15, -0.1) is 0 Å². The second-order valence-electron chi connectivity index (χ2n) is 9.63. The molecule has 1 aromatic heterocycles. The molecule has 0 aliphatic carbocycles. The Hall–Kier alpha value is -2.99. The molecule has 33 heavy (non-hydrogen) atoms. The fourth-order valence-electron chi connectivity index (χ4n) is 4.59. The van der Waals surface area contributed by atoms with Crippen molar-refractivity contribution in [3.8, 4) is 22.8 Å². The maximum absolute atomic E-state index is 11.7. The first kappa shape index (κ1) is 23.2. The molecule has 2 heterocycles. The lowest BCUT2D eigenvalue weighted by molar-refractivity contribution is -0.152. The zero-order valence-corrected chi connectivity index (χ0v) is 19.8. The Kier molecular flexibility index (Phi) is 6.94. The van der Waals surface area contributed by atoms with Gasteiger partial charge in [0.2, 0.25) is 5.82 Å². The molecule has 6 heteroatoms. The third-order valence-electron chi connectivity index (χ3n) is 6.83. The molecule has 1 aliphatic rings. The summed E-state index contributed by atoms with van der Waals surface area (Å²) in [5, 5.41) is 13.8. The summed E-state index contributed by atoms with van der Waals surface area (Å²) in [6.45, 7) is 8.85. The molecule has 0 atom stereocenters. The van der Waals surface area contributed by atoms with E-state index >= 15 is 0 Å². The highest BCUT2D eigenvalue weighted by Crippen LogP contribution is 2.35. The van der Waals surface area contributed by atoms with Gasteiger partial charge in [-0.1, -0.05) is 62.3 Å². The summed E-state index contributed by atoms with van der Waals surface area (Å²) < 4.78 is 5.51. The number of nitrogens with zero attached hydrogens (tertiary/aromatic N) is 3. The Morgan fingerprint density at radius 2 is 1.64 bits per heavy atom. The summed E-state index contributed by atoms with van der Waals surface area (Å²) in [7, 11) is 0. The first-order valence-electron chi connectivity index (χ1n) is 11.9. The van der Waals surface area contributed by atoms with E-state index < -0.39 is 11.4 Å². The van der Waals surface area contributed by atoms with Gasteiger partial charge in [-0.25, -0.2) is 0 Å². The lowest BCUT2D eigenvalue weighted by atomic mass is 9.76. The van der Waals surface area contributed by atoms with Crippen LogP contribution >= 0.6 is 0 Å². The average molecular weight is 448 g/mol.